The van der Waals surface area contributed by atoms with Gasteiger partial charge in [-0.1, -0.05) is 20.3 Å². The molecule has 2 atom stereocenters. The third-order valence-electron chi connectivity index (χ3n) is 3.56. The van der Waals surface area contributed by atoms with Crippen molar-refractivity contribution in [2.45, 2.75) is 46.0 Å². The molecule has 4 nitrogen and oxygen atoms in total. The van der Waals surface area contributed by atoms with E-state index in [0.29, 0.717) is 12.5 Å². The fourth-order valence-corrected chi connectivity index (χ4v) is 4.06. The van der Waals surface area contributed by atoms with Crippen molar-refractivity contribution in [2.24, 2.45) is 11.8 Å². The molecule has 0 bridgehead atoms. The van der Waals surface area contributed by atoms with Gasteiger partial charge in [-0.3, -0.25) is 0 Å². The van der Waals surface area contributed by atoms with Crippen molar-refractivity contribution in [2.75, 3.05) is 25.4 Å². The van der Waals surface area contributed by atoms with Crippen LogP contribution in [0.25, 0.3) is 0 Å². The van der Waals surface area contributed by atoms with Gasteiger partial charge in [0.25, 0.3) is 0 Å². The topological polar surface area (TPSA) is 58.2 Å². The van der Waals surface area contributed by atoms with Gasteiger partial charge in [-0.05, 0) is 50.6 Å². The van der Waals surface area contributed by atoms with Crippen LogP contribution in [0.3, 0.4) is 0 Å². The molecule has 0 amide bonds. The van der Waals surface area contributed by atoms with E-state index in [1.165, 1.54) is 12.8 Å². The number of hydrogen-bond acceptors (Lipinski definition) is 3. The number of hydrogen-bond donors (Lipinski definition) is 2. The van der Waals surface area contributed by atoms with Gasteiger partial charge >= 0.3 is 0 Å². The van der Waals surface area contributed by atoms with E-state index in [4.69, 9.17) is 0 Å². The number of rotatable bonds is 8. The zero-order chi connectivity index (χ0) is 13.4. The van der Waals surface area contributed by atoms with Crippen molar-refractivity contribution in [3.8, 4) is 0 Å². The first-order valence-corrected chi connectivity index (χ1v) is 8.86. The van der Waals surface area contributed by atoms with E-state index in [2.05, 4.69) is 17.0 Å². The lowest BCUT2D eigenvalue weighted by Crippen LogP contribution is -2.34. The molecule has 1 fully saturated rings. The summed E-state index contributed by atoms with van der Waals surface area (Å²) in [5.41, 5.74) is 0. The quantitative estimate of drug-likeness (QED) is 0.710. The molecule has 108 valence electrons. The highest BCUT2D eigenvalue weighted by Gasteiger charge is 2.17. The lowest BCUT2D eigenvalue weighted by molar-refractivity contribution is 0.358. The second-order valence-electron chi connectivity index (χ2n) is 5.57. The molecule has 0 aromatic rings. The van der Waals surface area contributed by atoms with Gasteiger partial charge < -0.3 is 5.32 Å². The lowest BCUT2D eigenvalue weighted by atomic mass is 9.96. The van der Waals surface area contributed by atoms with Crippen LogP contribution in [0, 0.1) is 11.8 Å². The molecule has 0 radical (unpaired) electrons. The Morgan fingerprint density at radius 3 is 2.83 bits per heavy atom. The zero-order valence-electron chi connectivity index (χ0n) is 11.7. The molecule has 2 N–H and O–H groups in total. The van der Waals surface area contributed by atoms with Crippen molar-refractivity contribution >= 4 is 10.0 Å². The van der Waals surface area contributed by atoms with Gasteiger partial charge in [0.05, 0.1) is 5.75 Å². The summed E-state index contributed by atoms with van der Waals surface area (Å²) in [6.45, 7) is 6.83. The molecule has 5 heteroatoms. The Balaban J connectivity index is 2.19. The van der Waals surface area contributed by atoms with Crippen molar-refractivity contribution < 1.29 is 8.42 Å². The molecule has 2 unspecified atom stereocenters. The van der Waals surface area contributed by atoms with Crippen LogP contribution in [0.15, 0.2) is 0 Å². The molecule has 0 spiro atoms. The normalized spacial score (nSPS) is 22.9. The first-order chi connectivity index (χ1) is 8.53. The summed E-state index contributed by atoms with van der Waals surface area (Å²) in [4.78, 5) is 0. The molecule has 1 heterocycles. The van der Waals surface area contributed by atoms with Crippen LogP contribution in [0.4, 0.5) is 0 Å². The Kier molecular flexibility index (Phi) is 7.19. The van der Waals surface area contributed by atoms with Crippen LogP contribution in [0.5, 0.6) is 0 Å². The maximum atomic E-state index is 11.8. The number of nitrogens with one attached hydrogen (secondary N) is 2. The van der Waals surface area contributed by atoms with Crippen LogP contribution in [0.1, 0.15) is 46.0 Å². The maximum absolute atomic E-state index is 11.8. The first-order valence-electron chi connectivity index (χ1n) is 7.21. The highest BCUT2D eigenvalue weighted by molar-refractivity contribution is 7.89. The van der Waals surface area contributed by atoms with Gasteiger partial charge in [0.1, 0.15) is 0 Å². The van der Waals surface area contributed by atoms with E-state index < -0.39 is 10.0 Å². The second kappa shape index (κ2) is 8.12. The highest BCUT2D eigenvalue weighted by atomic mass is 32.2. The molecule has 18 heavy (non-hydrogen) atoms. The average molecular weight is 276 g/mol. The van der Waals surface area contributed by atoms with E-state index in [1.54, 1.807) is 0 Å². The van der Waals surface area contributed by atoms with Crippen LogP contribution in [0.2, 0.25) is 0 Å². The van der Waals surface area contributed by atoms with E-state index >= 15 is 0 Å². The molecule has 1 aliphatic heterocycles. The van der Waals surface area contributed by atoms with E-state index in [0.717, 1.165) is 32.4 Å². The summed E-state index contributed by atoms with van der Waals surface area (Å²) in [6, 6.07) is 0. The lowest BCUT2D eigenvalue weighted by Gasteiger charge is -2.22. The van der Waals surface area contributed by atoms with Crippen LogP contribution in [-0.2, 0) is 10.0 Å². The molecule has 0 aromatic carbocycles. The minimum absolute atomic E-state index is 0.254. The third-order valence-corrected chi connectivity index (χ3v) is 5.21. The standard InChI is InChI=1S/C13H28N2O2S/c1-3-5-12(2)11-18(16,17)15-9-7-13-6-4-8-14-10-13/h12-15H,3-11H2,1-2H3. The summed E-state index contributed by atoms with van der Waals surface area (Å²) in [5.74, 6) is 1.15. The van der Waals surface area contributed by atoms with Crippen molar-refractivity contribution in [3.05, 3.63) is 0 Å². The minimum atomic E-state index is -3.07. The summed E-state index contributed by atoms with van der Waals surface area (Å²) < 4.78 is 26.4. The Morgan fingerprint density at radius 2 is 2.22 bits per heavy atom. The predicted molar refractivity (Wildman–Crippen MR) is 76.1 cm³/mol. The van der Waals surface area contributed by atoms with E-state index in [9.17, 15) is 8.42 Å². The average Bonchev–Trinajstić information content (AvgIpc) is 2.29. The smallest absolute Gasteiger partial charge is 0.211 e. The number of piperidine rings is 1. The number of sulfonamides is 1. The molecule has 1 saturated heterocycles. The summed E-state index contributed by atoms with van der Waals surface area (Å²) in [7, 11) is -3.07. The van der Waals surface area contributed by atoms with Gasteiger partial charge in [0, 0.05) is 6.54 Å². The first kappa shape index (κ1) is 15.9. The zero-order valence-corrected chi connectivity index (χ0v) is 12.6. The van der Waals surface area contributed by atoms with Crippen LogP contribution in [-0.4, -0.2) is 33.8 Å². The van der Waals surface area contributed by atoms with Gasteiger partial charge in [-0.25, -0.2) is 13.1 Å². The van der Waals surface area contributed by atoms with Crippen LogP contribution >= 0.6 is 0 Å². The van der Waals surface area contributed by atoms with Crippen LogP contribution < -0.4 is 10.0 Å². The van der Waals surface area contributed by atoms with E-state index in [-0.39, 0.29) is 11.7 Å². The third kappa shape index (κ3) is 6.71. The SMILES string of the molecule is CCCC(C)CS(=O)(=O)NCCC1CCCNC1. The molecule has 0 saturated carbocycles. The molecule has 0 aliphatic carbocycles. The van der Waals surface area contributed by atoms with Crippen molar-refractivity contribution in [1.29, 1.82) is 0 Å². The van der Waals surface area contributed by atoms with Crippen molar-refractivity contribution in [1.82, 2.24) is 10.0 Å². The summed E-state index contributed by atoms with van der Waals surface area (Å²) in [6.07, 6.45) is 5.41. The van der Waals surface area contributed by atoms with Crippen molar-refractivity contribution in [3.63, 3.8) is 0 Å². The van der Waals surface area contributed by atoms with Gasteiger partial charge in [0.15, 0.2) is 0 Å². The Hall–Kier alpha value is -0.130. The largest absolute Gasteiger partial charge is 0.316 e. The highest BCUT2D eigenvalue weighted by Crippen LogP contribution is 2.13. The van der Waals surface area contributed by atoms with Gasteiger partial charge in [0.2, 0.25) is 10.0 Å². The molecular weight excluding hydrogens is 248 g/mol. The Morgan fingerprint density at radius 1 is 1.44 bits per heavy atom. The summed E-state index contributed by atoms with van der Waals surface area (Å²) >= 11 is 0. The minimum Gasteiger partial charge on any atom is -0.316 e. The molecule has 1 rings (SSSR count). The molecular formula is C13H28N2O2S. The summed E-state index contributed by atoms with van der Waals surface area (Å²) in [5, 5.41) is 3.35. The Bertz CT molecular complexity index is 311. The second-order valence-corrected chi connectivity index (χ2v) is 7.42. The van der Waals surface area contributed by atoms with E-state index in [1.807, 2.05) is 6.92 Å². The molecule has 0 aromatic heterocycles. The Labute approximate surface area is 112 Å². The fraction of sp³-hybridized carbons (Fsp3) is 1.00. The van der Waals surface area contributed by atoms with Gasteiger partial charge in [-0.15, -0.1) is 0 Å². The van der Waals surface area contributed by atoms with Gasteiger partial charge in [-0.2, -0.15) is 0 Å². The maximum Gasteiger partial charge on any atom is 0.211 e. The monoisotopic (exact) mass is 276 g/mol. The predicted octanol–water partition coefficient (Wildman–Crippen LogP) is 1.73. The fourth-order valence-electron chi connectivity index (χ4n) is 2.60. The molecule has 1 aliphatic rings.